The molecule has 0 saturated heterocycles. The zero-order chi connectivity index (χ0) is 15.0. The molecule has 0 saturated carbocycles. The largest absolute Gasteiger partial charge is 0.465 e. The minimum absolute atomic E-state index is 0.112. The Morgan fingerprint density at radius 3 is 2.35 bits per heavy atom. The molecule has 0 aliphatic heterocycles. The topological polar surface area (TPSA) is 69.7 Å². The SMILES string of the molecule is CCOC(=O)C(C)C(=O)CC(=O)OCc1ccccc1. The van der Waals surface area contributed by atoms with Crippen molar-refractivity contribution in [2.24, 2.45) is 5.92 Å². The third-order valence-corrected chi connectivity index (χ3v) is 2.68. The summed E-state index contributed by atoms with van der Waals surface area (Å²) in [5.74, 6) is -2.70. The van der Waals surface area contributed by atoms with Crippen LogP contribution in [0.3, 0.4) is 0 Å². The number of hydrogen-bond donors (Lipinski definition) is 0. The molecule has 0 heterocycles. The molecule has 1 aromatic carbocycles. The Balaban J connectivity index is 2.38. The summed E-state index contributed by atoms with van der Waals surface area (Å²) >= 11 is 0. The Kier molecular flexibility index (Phi) is 6.43. The van der Waals surface area contributed by atoms with Crippen LogP contribution in [0.15, 0.2) is 30.3 Å². The van der Waals surface area contributed by atoms with E-state index >= 15 is 0 Å². The monoisotopic (exact) mass is 278 g/mol. The van der Waals surface area contributed by atoms with Crippen molar-refractivity contribution in [2.45, 2.75) is 26.9 Å². The number of hydrogen-bond acceptors (Lipinski definition) is 5. The first-order valence-corrected chi connectivity index (χ1v) is 6.43. The first-order chi connectivity index (χ1) is 9.54. The molecule has 1 aromatic rings. The van der Waals surface area contributed by atoms with E-state index in [1.54, 1.807) is 6.92 Å². The Hall–Kier alpha value is -2.17. The van der Waals surface area contributed by atoms with E-state index < -0.39 is 30.1 Å². The van der Waals surface area contributed by atoms with Crippen LogP contribution in [0.1, 0.15) is 25.8 Å². The molecule has 1 rings (SSSR count). The Morgan fingerprint density at radius 1 is 1.10 bits per heavy atom. The predicted molar refractivity (Wildman–Crippen MR) is 71.7 cm³/mol. The van der Waals surface area contributed by atoms with Crippen LogP contribution >= 0.6 is 0 Å². The molecule has 0 fully saturated rings. The lowest BCUT2D eigenvalue weighted by Gasteiger charge is -2.09. The van der Waals surface area contributed by atoms with Crippen molar-refractivity contribution in [1.82, 2.24) is 0 Å². The molecule has 0 N–H and O–H groups in total. The van der Waals surface area contributed by atoms with Gasteiger partial charge in [0.15, 0.2) is 5.78 Å². The third-order valence-electron chi connectivity index (χ3n) is 2.68. The van der Waals surface area contributed by atoms with Crippen molar-refractivity contribution in [3.8, 4) is 0 Å². The van der Waals surface area contributed by atoms with Gasteiger partial charge in [-0.1, -0.05) is 30.3 Å². The van der Waals surface area contributed by atoms with E-state index in [9.17, 15) is 14.4 Å². The second kappa shape index (κ2) is 8.09. The van der Waals surface area contributed by atoms with Crippen LogP contribution in [-0.2, 0) is 30.5 Å². The fraction of sp³-hybridized carbons (Fsp3) is 0.400. The van der Waals surface area contributed by atoms with Crippen LogP contribution < -0.4 is 0 Å². The van der Waals surface area contributed by atoms with Crippen molar-refractivity contribution in [3.63, 3.8) is 0 Å². The number of carbonyl (C=O) groups is 3. The second-order valence-corrected chi connectivity index (χ2v) is 4.26. The number of rotatable bonds is 7. The van der Waals surface area contributed by atoms with Gasteiger partial charge in [-0.25, -0.2) is 0 Å². The van der Waals surface area contributed by atoms with Crippen molar-refractivity contribution in [3.05, 3.63) is 35.9 Å². The average Bonchev–Trinajstić information content (AvgIpc) is 2.45. The summed E-state index contributed by atoms with van der Waals surface area (Å²) in [4.78, 5) is 34.5. The van der Waals surface area contributed by atoms with Gasteiger partial charge in [0.1, 0.15) is 18.9 Å². The number of ketones is 1. The molecule has 0 radical (unpaired) electrons. The smallest absolute Gasteiger partial charge is 0.316 e. The van der Waals surface area contributed by atoms with Crippen molar-refractivity contribution in [1.29, 1.82) is 0 Å². The zero-order valence-electron chi connectivity index (χ0n) is 11.6. The van der Waals surface area contributed by atoms with Crippen LogP contribution in [0.4, 0.5) is 0 Å². The lowest BCUT2D eigenvalue weighted by molar-refractivity contribution is -0.153. The highest BCUT2D eigenvalue weighted by Crippen LogP contribution is 2.07. The van der Waals surface area contributed by atoms with E-state index in [4.69, 9.17) is 9.47 Å². The highest BCUT2D eigenvalue weighted by Gasteiger charge is 2.25. The van der Waals surface area contributed by atoms with Gasteiger partial charge >= 0.3 is 11.9 Å². The fourth-order valence-corrected chi connectivity index (χ4v) is 1.48. The van der Waals surface area contributed by atoms with Crippen LogP contribution in [0, 0.1) is 5.92 Å². The molecule has 5 heteroatoms. The first kappa shape index (κ1) is 15.9. The Labute approximate surface area is 117 Å². The van der Waals surface area contributed by atoms with Crippen molar-refractivity contribution in [2.75, 3.05) is 6.61 Å². The van der Waals surface area contributed by atoms with Crippen molar-refractivity contribution >= 4 is 17.7 Å². The molecule has 20 heavy (non-hydrogen) atoms. The maximum atomic E-state index is 11.7. The van der Waals surface area contributed by atoms with Crippen LogP contribution in [-0.4, -0.2) is 24.3 Å². The molecule has 1 unspecified atom stereocenters. The highest BCUT2D eigenvalue weighted by atomic mass is 16.5. The summed E-state index contributed by atoms with van der Waals surface area (Å²) in [5, 5.41) is 0. The molecule has 0 aliphatic rings. The van der Waals surface area contributed by atoms with Gasteiger partial charge in [-0.2, -0.15) is 0 Å². The van der Waals surface area contributed by atoms with Gasteiger partial charge in [0.25, 0.3) is 0 Å². The lowest BCUT2D eigenvalue weighted by atomic mass is 10.0. The van der Waals surface area contributed by atoms with E-state index in [0.717, 1.165) is 5.56 Å². The van der Waals surface area contributed by atoms with Gasteiger partial charge in [-0.15, -0.1) is 0 Å². The molecule has 1 atom stereocenters. The Bertz CT molecular complexity index is 466. The summed E-state index contributed by atoms with van der Waals surface area (Å²) in [6, 6.07) is 9.15. The number of Topliss-reactive ketones (excluding diaryl/α,β-unsaturated/α-hetero) is 1. The van der Waals surface area contributed by atoms with Gasteiger partial charge in [-0.05, 0) is 19.4 Å². The maximum absolute atomic E-state index is 11.7. The van der Waals surface area contributed by atoms with Crippen molar-refractivity contribution < 1.29 is 23.9 Å². The van der Waals surface area contributed by atoms with Gasteiger partial charge in [0.05, 0.1) is 6.61 Å². The predicted octanol–water partition coefficient (Wildman–Crippen LogP) is 1.89. The minimum Gasteiger partial charge on any atom is -0.465 e. The molecular formula is C15H18O5. The molecule has 108 valence electrons. The number of esters is 2. The third kappa shape index (κ3) is 5.22. The number of benzene rings is 1. The summed E-state index contributed by atoms with van der Waals surface area (Å²) in [5.41, 5.74) is 0.840. The second-order valence-electron chi connectivity index (χ2n) is 4.26. The maximum Gasteiger partial charge on any atom is 0.316 e. The molecule has 0 amide bonds. The molecule has 5 nitrogen and oxygen atoms in total. The molecule has 0 aromatic heterocycles. The normalized spacial score (nSPS) is 11.5. The Morgan fingerprint density at radius 2 is 1.75 bits per heavy atom. The van der Waals surface area contributed by atoms with Gasteiger partial charge < -0.3 is 9.47 Å². The number of carbonyl (C=O) groups excluding carboxylic acids is 3. The van der Waals surface area contributed by atoms with E-state index in [1.807, 2.05) is 30.3 Å². The molecular weight excluding hydrogens is 260 g/mol. The average molecular weight is 278 g/mol. The zero-order valence-corrected chi connectivity index (χ0v) is 11.6. The molecule has 0 bridgehead atoms. The highest BCUT2D eigenvalue weighted by molar-refractivity contribution is 6.05. The van der Waals surface area contributed by atoms with Gasteiger partial charge in [0.2, 0.25) is 0 Å². The van der Waals surface area contributed by atoms with Gasteiger partial charge in [0, 0.05) is 0 Å². The first-order valence-electron chi connectivity index (χ1n) is 6.43. The van der Waals surface area contributed by atoms with E-state index in [1.165, 1.54) is 6.92 Å². The summed E-state index contributed by atoms with van der Waals surface area (Å²) in [6.07, 6.45) is -0.424. The van der Waals surface area contributed by atoms with E-state index in [2.05, 4.69) is 0 Å². The molecule has 0 spiro atoms. The van der Waals surface area contributed by atoms with Crippen LogP contribution in [0.2, 0.25) is 0 Å². The quantitative estimate of drug-likeness (QED) is 0.562. The summed E-state index contributed by atoms with van der Waals surface area (Å²) in [6.45, 7) is 3.39. The fourth-order valence-electron chi connectivity index (χ4n) is 1.48. The van der Waals surface area contributed by atoms with Crippen LogP contribution in [0.5, 0.6) is 0 Å². The minimum atomic E-state index is -0.945. The van der Waals surface area contributed by atoms with E-state index in [-0.39, 0.29) is 13.2 Å². The standard InChI is InChI=1S/C15H18O5/c1-3-19-15(18)11(2)13(16)9-14(17)20-10-12-7-5-4-6-8-12/h4-8,11H,3,9-10H2,1-2H3. The summed E-state index contributed by atoms with van der Waals surface area (Å²) in [7, 11) is 0. The number of ether oxygens (including phenoxy) is 2. The van der Waals surface area contributed by atoms with E-state index in [0.29, 0.717) is 0 Å². The lowest BCUT2D eigenvalue weighted by Crippen LogP contribution is -2.25. The van der Waals surface area contributed by atoms with Gasteiger partial charge in [-0.3, -0.25) is 14.4 Å². The molecule has 0 aliphatic carbocycles. The van der Waals surface area contributed by atoms with Crippen LogP contribution in [0.25, 0.3) is 0 Å². The summed E-state index contributed by atoms with van der Waals surface area (Å²) < 4.78 is 9.70.